The van der Waals surface area contributed by atoms with Gasteiger partial charge in [0.15, 0.2) is 0 Å². The number of urea groups is 1. The first-order chi connectivity index (χ1) is 31.6. The lowest BCUT2D eigenvalue weighted by Gasteiger charge is -2.33. The van der Waals surface area contributed by atoms with Crippen LogP contribution >= 0.6 is 0 Å². The summed E-state index contributed by atoms with van der Waals surface area (Å²) in [7, 11) is 0. The molecule has 0 saturated heterocycles. The fourth-order valence-corrected chi connectivity index (χ4v) is 7.22. The van der Waals surface area contributed by atoms with E-state index in [9.17, 15) is 39.0 Å². The van der Waals surface area contributed by atoms with E-state index in [4.69, 9.17) is 22.9 Å². The van der Waals surface area contributed by atoms with Crippen LogP contribution in [0.25, 0.3) is 0 Å². The highest BCUT2D eigenvalue weighted by molar-refractivity contribution is 6.06. The van der Waals surface area contributed by atoms with E-state index in [0.29, 0.717) is 11.1 Å². The van der Waals surface area contributed by atoms with Gasteiger partial charge in [0, 0.05) is 25.9 Å². The number of imide groups is 2. The van der Waals surface area contributed by atoms with Gasteiger partial charge in [0.25, 0.3) is 11.8 Å². The molecule has 0 aliphatic carbocycles. The quantitative estimate of drug-likeness (QED) is 0.0421. The molecule has 0 aliphatic rings. The highest BCUT2D eigenvalue weighted by Gasteiger charge is 2.38. The Morgan fingerprint density at radius 1 is 0.424 bits per heavy atom. The van der Waals surface area contributed by atoms with E-state index in [1.165, 1.54) is 0 Å². The van der Waals surface area contributed by atoms with E-state index in [1.54, 1.807) is 84.9 Å². The van der Waals surface area contributed by atoms with Crippen LogP contribution in [0.1, 0.15) is 60.8 Å². The molecule has 0 aromatic heterocycles. The smallest absolute Gasteiger partial charge is 0.333 e. The monoisotopic (exact) mass is 906 g/mol. The van der Waals surface area contributed by atoms with Crippen molar-refractivity contribution in [3.8, 4) is 0 Å². The van der Waals surface area contributed by atoms with E-state index < -0.39 is 77.8 Å². The Kier molecular flexibility index (Phi) is 21.1. The molecule has 4 rings (SSSR count). The lowest BCUT2D eigenvalue weighted by atomic mass is 10.0. The summed E-state index contributed by atoms with van der Waals surface area (Å²) in [5.41, 5.74) is 27.1. The van der Waals surface area contributed by atoms with Crippen molar-refractivity contribution in [2.45, 2.75) is 100 Å². The second kappa shape index (κ2) is 26.9. The van der Waals surface area contributed by atoms with Gasteiger partial charge >= 0.3 is 18.0 Å². The first-order valence-electron chi connectivity index (χ1n) is 22.1. The molecule has 0 radical (unpaired) electrons. The largest absolute Gasteiger partial charge is 0.480 e. The van der Waals surface area contributed by atoms with Crippen LogP contribution in [0.2, 0.25) is 0 Å². The number of carbonyl (C=O) groups is 7. The molecular formula is C49H62N8O9. The van der Waals surface area contributed by atoms with E-state index in [0.717, 1.165) is 20.9 Å². The van der Waals surface area contributed by atoms with Gasteiger partial charge in [-0.05, 0) is 73.6 Å². The molecule has 17 heteroatoms. The number of nitrogens with zero attached hydrogens (tertiary/aromatic N) is 2. The maximum atomic E-state index is 15.1. The topological polar surface area (TPSA) is 295 Å². The van der Waals surface area contributed by atoms with Crippen molar-refractivity contribution in [3.63, 3.8) is 0 Å². The molecule has 0 heterocycles. The van der Waals surface area contributed by atoms with Gasteiger partial charge in [-0.25, -0.2) is 4.79 Å². The molecule has 4 aromatic carbocycles. The minimum absolute atomic E-state index is 0.00493. The number of unbranched alkanes of at least 4 members (excludes halogenated alkanes) is 2. The number of hydrogen-bond acceptors (Lipinski definition) is 11. The average Bonchev–Trinajstić information content (AvgIpc) is 3.31. The SMILES string of the molecule is N[C@@H](CCCCN(C(=O)[C@H](Cc1ccccc1)NC(=O)[C@@H](N)Cc1ccccc1)C(=O)N(CCCC[C@H](N)C(=O)O)C(=O)[C@H](Cc1ccccc1)NC(=O)[C@@H](N)Cc1ccccc1)C(=O)O. The van der Waals surface area contributed by atoms with Crippen LogP contribution in [0.4, 0.5) is 4.79 Å². The Bertz CT molecular complexity index is 2030. The summed E-state index contributed by atoms with van der Waals surface area (Å²) in [5, 5.41) is 24.3. The Balaban J connectivity index is 1.74. The lowest BCUT2D eigenvalue weighted by Crippen LogP contribution is -2.60. The Labute approximate surface area is 384 Å². The second-order valence-corrected chi connectivity index (χ2v) is 16.2. The van der Waals surface area contributed by atoms with Gasteiger partial charge in [-0.2, -0.15) is 0 Å². The van der Waals surface area contributed by atoms with Gasteiger partial charge in [0.05, 0.1) is 12.1 Å². The number of nitrogens with two attached hydrogens (primary N) is 4. The number of aliphatic carboxylic acids is 2. The van der Waals surface area contributed by atoms with Gasteiger partial charge in [0.1, 0.15) is 24.2 Å². The van der Waals surface area contributed by atoms with Crippen molar-refractivity contribution in [2.75, 3.05) is 13.1 Å². The molecular weight excluding hydrogens is 845 g/mol. The standard InChI is InChI=1S/C49H62N8O9/c50-37(47(62)63)25-13-15-27-56(45(60)41(31-35-21-9-3-10-22-35)54-43(58)39(52)29-33-17-5-1-6-18-33)49(66)57(28-16-14-26-38(51)48(64)65)46(61)42(32-36-23-11-4-12-24-36)55-44(59)40(53)30-34-19-7-2-8-20-34/h1-12,17-24,37-42H,13-16,25-32,50-53H2,(H,54,58)(H,55,59)(H,62,63)(H,64,65)/t37-,38-,39-,40-,41-,42-/m0/s1. The Morgan fingerprint density at radius 2 is 0.712 bits per heavy atom. The predicted octanol–water partition coefficient (Wildman–Crippen LogP) is 2.52. The Hall–Kier alpha value is -6.79. The van der Waals surface area contributed by atoms with Crippen molar-refractivity contribution in [1.82, 2.24) is 20.4 Å². The molecule has 0 unspecified atom stereocenters. The molecule has 0 saturated carbocycles. The summed E-state index contributed by atoms with van der Waals surface area (Å²) in [6.07, 6.45) is 0.581. The molecule has 0 fully saturated rings. The fourth-order valence-electron chi connectivity index (χ4n) is 7.22. The van der Waals surface area contributed by atoms with Gasteiger partial charge in [-0.3, -0.25) is 38.6 Å². The Morgan fingerprint density at radius 3 is 1.00 bits per heavy atom. The van der Waals surface area contributed by atoms with E-state index in [-0.39, 0.29) is 77.3 Å². The zero-order valence-corrected chi connectivity index (χ0v) is 37.0. The van der Waals surface area contributed by atoms with Gasteiger partial charge in [0.2, 0.25) is 11.8 Å². The zero-order chi connectivity index (χ0) is 48.0. The predicted molar refractivity (Wildman–Crippen MR) is 248 cm³/mol. The summed E-state index contributed by atoms with van der Waals surface area (Å²) >= 11 is 0. The molecule has 0 aliphatic heterocycles. The van der Waals surface area contributed by atoms with Crippen LogP contribution in [0, 0.1) is 0 Å². The summed E-state index contributed by atoms with van der Waals surface area (Å²) in [4.78, 5) is 97.4. The molecule has 12 N–H and O–H groups in total. The van der Waals surface area contributed by atoms with E-state index in [1.807, 2.05) is 36.4 Å². The summed E-state index contributed by atoms with van der Waals surface area (Å²) in [6, 6.07) is 27.1. The first kappa shape index (κ1) is 51.8. The maximum Gasteiger partial charge on any atom is 0.333 e. The molecule has 352 valence electrons. The van der Waals surface area contributed by atoms with Crippen LogP contribution in [0.15, 0.2) is 121 Å². The third kappa shape index (κ3) is 17.0. The van der Waals surface area contributed by atoms with Crippen LogP contribution in [-0.2, 0) is 54.5 Å². The number of nitrogens with one attached hydrogen (secondary N) is 2. The average molecular weight is 907 g/mol. The number of hydrogen-bond donors (Lipinski definition) is 8. The number of rotatable bonds is 26. The van der Waals surface area contributed by atoms with Crippen LogP contribution in [0.5, 0.6) is 0 Å². The normalized spacial score (nSPS) is 13.8. The molecule has 17 nitrogen and oxygen atoms in total. The fraction of sp³-hybridized carbons (Fsp3) is 0.367. The zero-order valence-electron chi connectivity index (χ0n) is 37.0. The van der Waals surface area contributed by atoms with Crippen molar-refractivity contribution < 1.29 is 43.8 Å². The van der Waals surface area contributed by atoms with Crippen molar-refractivity contribution in [2.24, 2.45) is 22.9 Å². The highest BCUT2D eigenvalue weighted by atomic mass is 16.4. The summed E-state index contributed by atoms with van der Waals surface area (Å²) in [5.74, 6) is -5.57. The molecule has 0 bridgehead atoms. The van der Waals surface area contributed by atoms with Crippen molar-refractivity contribution >= 4 is 41.6 Å². The van der Waals surface area contributed by atoms with Gasteiger partial charge in [-0.1, -0.05) is 121 Å². The summed E-state index contributed by atoms with van der Waals surface area (Å²) in [6.45, 7) is -0.654. The number of carbonyl (C=O) groups excluding carboxylic acids is 5. The molecule has 66 heavy (non-hydrogen) atoms. The van der Waals surface area contributed by atoms with Gasteiger partial charge < -0.3 is 43.8 Å². The number of carboxylic acids is 2. The first-order valence-corrected chi connectivity index (χ1v) is 22.1. The number of benzene rings is 4. The third-order valence-electron chi connectivity index (χ3n) is 11.0. The minimum atomic E-state index is -1.38. The minimum Gasteiger partial charge on any atom is -0.480 e. The van der Waals surface area contributed by atoms with Crippen molar-refractivity contribution in [3.05, 3.63) is 144 Å². The number of carboxylic acid groups (broad SMARTS) is 2. The molecule has 6 atom stereocenters. The lowest BCUT2D eigenvalue weighted by molar-refractivity contribution is -0.139. The van der Waals surface area contributed by atoms with Crippen molar-refractivity contribution in [1.29, 1.82) is 0 Å². The molecule has 4 aromatic rings. The van der Waals surface area contributed by atoms with Crippen LogP contribution in [0.3, 0.4) is 0 Å². The van der Waals surface area contributed by atoms with Gasteiger partial charge in [-0.15, -0.1) is 0 Å². The summed E-state index contributed by atoms with van der Waals surface area (Å²) < 4.78 is 0. The molecule has 0 spiro atoms. The van der Waals surface area contributed by atoms with E-state index >= 15 is 4.79 Å². The van der Waals surface area contributed by atoms with Crippen LogP contribution in [-0.4, -0.2) is 111 Å². The van der Waals surface area contributed by atoms with E-state index in [2.05, 4.69) is 10.6 Å². The maximum absolute atomic E-state index is 15.1. The highest BCUT2D eigenvalue weighted by Crippen LogP contribution is 2.17. The van der Waals surface area contributed by atoms with Crippen LogP contribution < -0.4 is 33.6 Å². The second-order valence-electron chi connectivity index (χ2n) is 16.2. The third-order valence-corrected chi connectivity index (χ3v) is 11.0. The number of amides is 6. The molecule has 6 amide bonds.